The summed E-state index contributed by atoms with van der Waals surface area (Å²) in [5, 5.41) is 2.93. The fraction of sp³-hybridized carbons (Fsp3) is 0.118. The third-order valence-corrected chi connectivity index (χ3v) is 4.65. The van der Waals surface area contributed by atoms with Gasteiger partial charge in [-0.25, -0.2) is 4.98 Å². The van der Waals surface area contributed by atoms with Crippen molar-refractivity contribution in [3.63, 3.8) is 0 Å². The van der Waals surface area contributed by atoms with Crippen molar-refractivity contribution < 1.29 is 9.53 Å². The number of aromatic nitrogens is 2. The highest BCUT2D eigenvalue weighted by molar-refractivity contribution is 7.16. The van der Waals surface area contributed by atoms with E-state index in [-0.39, 0.29) is 17.8 Å². The second kappa shape index (κ2) is 7.42. The molecule has 1 N–H and O–H groups in total. The summed E-state index contributed by atoms with van der Waals surface area (Å²) in [6.07, 6.45) is 4.78. The fourth-order valence-corrected chi connectivity index (χ4v) is 3.13. The highest BCUT2D eigenvalue weighted by Crippen LogP contribution is 2.27. The smallest absolute Gasteiger partial charge is 0.257 e. The first-order valence-electron chi connectivity index (χ1n) is 7.22. The van der Waals surface area contributed by atoms with E-state index in [0.29, 0.717) is 15.6 Å². The second-order valence-electron chi connectivity index (χ2n) is 4.98. The van der Waals surface area contributed by atoms with E-state index in [4.69, 9.17) is 16.3 Å². The van der Waals surface area contributed by atoms with E-state index < -0.39 is 0 Å². The van der Waals surface area contributed by atoms with Gasteiger partial charge in [-0.3, -0.25) is 9.78 Å². The molecule has 0 aliphatic rings. The first kappa shape index (κ1) is 16.4. The van der Waals surface area contributed by atoms with Crippen molar-refractivity contribution in [2.75, 3.05) is 0 Å². The lowest BCUT2D eigenvalue weighted by molar-refractivity contribution is 0.0937. The van der Waals surface area contributed by atoms with Gasteiger partial charge in [0.05, 0.1) is 16.6 Å². The molecule has 1 amide bonds. The van der Waals surface area contributed by atoms with Crippen LogP contribution >= 0.6 is 22.9 Å². The molecule has 24 heavy (non-hydrogen) atoms. The van der Waals surface area contributed by atoms with E-state index >= 15 is 0 Å². The summed E-state index contributed by atoms with van der Waals surface area (Å²) in [7, 11) is 0. The van der Waals surface area contributed by atoms with Gasteiger partial charge in [-0.15, -0.1) is 11.3 Å². The van der Waals surface area contributed by atoms with Crippen LogP contribution in [-0.4, -0.2) is 15.9 Å². The molecule has 3 aromatic rings. The molecule has 0 spiro atoms. The van der Waals surface area contributed by atoms with Gasteiger partial charge < -0.3 is 10.1 Å². The maximum absolute atomic E-state index is 12.6. The van der Waals surface area contributed by atoms with Crippen LogP contribution in [0.15, 0.2) is 55.0 Å². The van der Waals surface area contributed by atoms with Gasteiger partial charge in [0.25, 0.3) is 5.91 Å². The lowest BCUT2D eigenvalue weighted by atomic mass is 10.2. The number of hydrogen-bond donors (Lipinski definition) is 1. The molecule has 0 aliphatic heterocycles. The SMILES string of the molecule is CC(NC(=O)c1cccnc1Oc1cccnc1)c1ccc(Cl)s1. The monoisotopic (exact) mass is 359 g/mol. The predicted molar refractivity (Wildman–Crippen MR) is 93.8 cm³/mol. The van der Waals surface area contributed by atoms with Crippen molar-refractivity contribution in [3.05, 3.63) is 69.8 Å². The summed E-state index contributed by atoms with van der Waals surface area (Å²) in [5.41, 5.74) is 0.357. The van der Waals surface area contributed by atoms with Gasteiger partial charge in [0, 0.05) is 17.3 Å². The van der Waals surface area contributed by atoms with Gasteiger partial charge in [0.1, 0.15) is 11.3 Å². The first-order valence-corrected chi connectivity index (χ1v) is 8.42. The summed E-state index contributed by atoms with van der Waals surface area (Å²) < 4.78 is 6.36. The summed E-state index contributed by atoms with van der Waals surface area (Å²) in [5.74, 6) is 0.488. The van der Waals surface area contributed by atoms with Crippen LogP contribution in [0.25, 0.3) is 0 Å². The Bertz CT molecular complexity index is 839. The van der Waals surface area contributed by atoms with Gasteiger partial charge in [-0.05, 0) is 43.3 Å². The van der Waals surface area contributed by atoms with Gasteiger partial charge >= 0.3 is 0 Å². The largest absolute Gasteiger partial charge is 0.437 e. The molecule has 0 fully saturated rings. The maximum atomic E-state index is 12.6. The third-order valence-electron chi connectivity index (χ3n) is 3.23. The average molecular weight is 360 g/mol. The molecule has 3 rings (SSSR count). The zero-order valence-electron chi connectivity index (χ0n) is 12.8. The number of thiophene rings is 1. The van der Waals surface area contributed by atoms with Crippen molar-refractivity contribution in [2.45, 2.75) is 13.0 Å². The van der Waals surface area contributed by atoms with Crippen LogP contribution in [0.2, 0.25) is 4.34 Å². The van der Waals surface area contributed by atoms with E-state index in [0.717, 1.165) is 4.88 Å². The molecule has 0 aromatic carbocycles. The molecule has 1 atom stereocenters. The van der Waals surface area contributed by atoms with Crippen molar-refractivity contribution in [2.24, 2.45) is 0 Å². The molecule has 0 saturated carbocycles. The zero-order chi connectivity index (χ0) is 16.9. The highest BCUT2D eigenvalue weighted by atomic mass is 35.5. The maximum Gasteiger partial charge on any atom is 0.257 e. The Hall–Kier alpha value is -2.44. The molecule has 1 unspecified atom stereocenters. The number of amides is 1. The molecule has 0 aliphatic carbocycles. The van der Waals surface area contributed by atoms with Gasteiger partial charge in [-0.1, -0.05) is 11.6 Å². The van der Waals surface area contributed by atoms with Crippen LogP contribution in [0.3, 0.4) is 0 Å². The molecule has 3 heterocycles. The Morgan fingerprint density at radius 1 is 1.25 bits per heavy atom. The van der Waals surface area contributed by atoms with Crippen molar-refractivity contribution >= 4 is 28.8 Å². The van der Waals surface area contributed by atoms with Crippen LogP contribution in [0.1, 0.15) is 28.2 Å². The predicted octanol–water partition coefficient (Wildman–Crippen LogP) is 4.47. The molecule has 7 heteroatoms. The van der Waals surface area contributed by atoms with Crippen LogP contribution in [0.5, 0.6) is 11.6 Å². The first-order chi connectivity index (χ1) is 11.6. The Morgan fingerprint density at radius 2 is 2.08 bits per heavy atom. The lowest BCUT2D eigenvalue weighted by Gasteiger charge is -2.14. The van der Waals surface area contributed by atoms with Crippen LogP contribution in [-0.2, 0) is 0 Å². The summed E-state index contributed by atoms with van der Waals surface area (Å²) in [4.78, 5) is 21.7. The topological polar surface area (TPSA) is 64.1 Å². The molecule has 0 radical (unpaired) electrons. The molecular formula is C17H14ClN3O2S. The minimum atomic E-state index is -0.265. The van der Waals surface area contributed by atoms with Crippen LogP contribution in [0, 0.1) is 0 Å². The normalized spacial score (nSPS) is 11.8. The lowest BCUT2D eigenvalue weighted by Crippen LogP contribution is -2.26. The molecule has 0 saturated heterocycles. The third kappa shape index (κ3) is 3.90. The number of carbonyl (C=O) groups excluding carboxylic acids is 1. The number of halogens is 1. The molecule has 122 valence electrons. The number of carbonyl (C=O) groups is 1. The van der Waals surface area contributed by atoms with E-state index in [2.05, 4.69) is 15.3 Å². The van der Waals surface area contributed by atoms with Gasteiger partial charge in [-0.2, -0.15) is 0 Å². The number of rotatable bonds is 5. The van der Waals surface area contributed by atoms with E-state index in [1.165, 1.54) is 11.3 Å². The Labute approximate surface area is 148 Å². The number of ether oxygens (including phenoxy) is 1. The van der Waals surface area contributed by atoms with E-state index in [1.54, 1.807) is 42.9 Å². The minimum Gasteiger partial charge on any atom is -0.437 e. The summed E-state index contributed by atoms with van der Waals surface area (Å²) in [6, 6.07) is 10.4. The summed E-state index contributed by atoms with van der Waals surface area (Å²) >= 11 is 7.38. The number of nitrogens with zero attached hydrogens (tertiary/aromatic N) is 2. The van der Waals surface area contributed by atoms with Crippen molar-refractivity contribution in [1.82, 2.24) is 15.3 Å². The molecule has 3 aromatic heterocycles. The average Bonchev–Trinajstić information content (AvgIpc) is 3.03. The Morgan fingerprint density at radius 3 is 2.79 bits per heavy atom. The molecular weight excluding hydrogens is 346 g/mol. The highest BCUT2D eigenvalue weighted by Gasteiger charge is 2.18. The van der Waals surface area contributed by atoms with Gasteiger partial charge in [0.15, 0.2) is 0 Å². The minimum absolute atomic E-state index is 0.165. The zero-order valence-corrected chi connectivity index (χ0v) is 14.3. The standard InChI is InChI=1S/C17H14ClN3O2S/c1-11(14-6-7-15(18)24-14)21-16(22)13-5-3-9-20-17(13)23-12-4-2-8-19-10-12/h2-11H,1H3,(H,21,22). The van der Waals surface area contributed by atoms with Crippen molar-refractivity contribution in [3.8, 4) is 11.6 Å². The van der Waals surface area contributed by atoms with E-state index in [1.807, 2.05) is 19.1 Å². The number of nitrogens with one attached hydrogen (secondary N) is 1. The molecule has 0 bridgehead atoms. The van der Waals surface area contributed by atoms with Crippen LogP contribution < -0.4 is 10.1 Å². The Balaban J connectivity index is 1.77. The fourth-order valence-electron chi connectivity index (χ4n) is 2.07. The quantitative estimate of drug-likeness (QED) is 0.729. The second-order valence-corrected chi connectivity index (χ2v) is 6.73. The summed E-state index contributed by atoms with van der Waals surface area (Å²) in [6.45, 7) is 1.90. The van der Waals surface area contributed by atoms with Crippen LogP contribution in [0.4, 0.5) is 0 Å². The number of hydrogen-bond acceptors (Lipinski definition) is 5. The Kier molecular flexibility index (Phi) is 5.08. The van der Waals surface area contributed by atoms with Gasteiger partial charge in [0.2, 0.25) is 5.88 Å². The number of pyridine rings is 2. The van der Waals surface area contributed by atoms with E-state index in [9.17, 15) is 4.79 Å². The molecule has 5 nitrogen and oxygen atoms in total. The van der Waals surface area contributed by atoms with Crippen molar-refractivity contribution in [1.29, 1.82) is 0 Å².